The van der Waals surface area contributed by atoms with Crippen LogP contribution in [0.3, 0.4) is 0 Å². The minimum Gasteiger partial charge on any atom is -0.317 e. The lowest BCUT2D eigenvalue weighted by Crippen LogP contribution is -2.41. The summed E-state index contributed by atoms with van der Waals surface area (Å²) in [5, 5.41) is 6.51. The van der Waals surface area contributed by atoms with Crippen LogP contribution in [0, 0.1) is 5.92 Å². The van der Waals surface area contributed by atoms with Gasteiger partial charge in [-0.2, -0.15) is 0 Å². The first-order valence-corrected chi connectivity index (χ1v) is 9.24. The van der Waals surface area contributed by atoms with E-state index in [4.69, 9.17) is 0 Å². The minimum absolute atomic E-state index is 0. The fourth-order valence-corrected chi connectivity index (χ4v) is 4.39. The van der Waals surface area contributed by atoms with Gasteiger partial charge < -0.3 is 10.2 Å². The van der Waals surface area contributed by atoms with Crippen molar-refractivity contribution in [1.29, 1.82) is 0 Å². The van der Waals surface area contributed by atoms with Gasteiger partial charge in [0.15, 0.2) is 0 Å². The van der Waals surface area contributed by atoms with E-state index in [1.807, 2.05) is 11.6 Å². The maximum atomic E-state index is 13.9. The highest BCUT2D eigenvalue weighted by molar-refractivity contribution is 7.09. The molecule has 0 bridgehead atoms. The zero-order valence-electron chi connectivity index (χ0n) is 13.8. The molecule has 2 aliphatic rings. The summed E-state index contributed by atoms with van der Waals surface area (Å²) in [7, 11) is 2.19. The molecule has 4 nitrogen and oxygen atoms in total. The Morgan fingerprint density at radius 1 is 1.39 bits per heavy atom. The van der Waals surface area contributed by atoms with E-state index in [2.05, 4.69) is 27.1 Å². The van der Waals surface area contributed by atoms with Crippen molar-refractivity contribution in [2.45, 2.75) is 38.0 Å². The molecular formula is C16H28ClFN4S. The molecule has 2 saturated heterocycles. The summed E-state index contributed by atoms with van der Waals surface area (Å²) in [5.74, 6) is 0.793. The topological polar surface area (TPSA) is 31.4 Å². The van der Waals surface area contributed by atoms with Crippen molar-refractivity contribution < 1.29 is 4.39 Å². The smallest absolute Gasteiger partial charge is 0.114 e. The second-order valence-electron chi connectivity index (χ2n) is 6.76. The summed E-state index contributed by atoms with van der Waals surface area (Å²) in [4.78, 5) is 9.04. The number of hydrogen-bond donors (Lipinski definition) is 1. The summed E-state index contributed by atoms with van der Waals surface area (Å²) in [6.45, 7) is 5.75. The highest BCUT2D eigenvalue weighted by Gasteiger charge is 2.33. The number of piperidine rings is 1. The molecular weight excluding hydrogens is 335 g/mol. The van der Waals surface area contributed by atoms with Gasteiger partial charge in [0.1, 0.15) is 11.2 Å². The predicted octanol–water partition coefficient (Wildman–Crippen LogP) is 2.41. The zero-order valence-corrected chi connectivity index (χ0v) is 15.4. The van der Waals surface area contributed by atoms with E-state index < -0.39 is 6.17 Å². The number of alkyl halides is 1. The van der Waals surface area contributed by atoms with E-state index in [0.29, 0.717) is 19.0 Å². The van der Waals surface area contributed by atoms with Crippen LogP contribution >= 0.6 is 23.7 Å². The first kappa shape index (κ1) is 19.1. The molecule has 0 unspecified atom stereocenters. The monoisotopic (exact) mass is 362 g/mol. The van der Waals surface area contributed by atoms with Crippen molar-refractivity contribution in [2.75, 3.05) is 39.8 Å². The van der Waals surface area contributed by atoms with Gasteiger partial charge in [0.05, 0.1) is 6.54 Å². The molecule has 132 valence electrons. The predicted molar refractivity (Wildman–Crippen MR) is 96.2 cm³/mol. The zero-order chi connectivity index (χ0) is 15.4. The van der Waals surface area contributed by atoms with Gasteiger partial charge in [0.25, 0.3) is 0 Å². The quantitative estimate of drug-likeness (QED) is 0.842. The van der Waals surface area contributed by atoms with Crippen LogP contribution < -0.4 is 5.32 Å². The van der Waals surface area contributed by atoms with Gasteiger partial charge in [-0.15, -0.1) is 23.7 Å². The number of rotatable bonds is 6. The minimum atomic E-state index is -0.683. The summed E-state index contributed by atoms with van der Waals surface area (Å²) in [6.07, 6.45) is 4.35. The Labute approximate surface area is 148 Å². The Morgan fingerprint density at radius 2 is 2.17 bits per heavy atom. The van der Waals surface area contributed by atoms with Gasteiger partial charge in [0.2, 0.25) is 0 Å². The molecule has 0 aromatic carbocycles. The Bertz CT molecular complexity index is 441. The van der Waals surface area contributed by atoms with E-state index in [0.717, 1.165) is 43.6 Å². The summed E-state index contributed by atoms with van der Waals surface area (Å²) in [6, 6.07) is 0.325. The second kappa shape index (κ2) is 9.28. The van der Waals surface area contributed by atoms with Crippen LogP contribution in [0.2, 0.25) is 0 Å². The van der Waals surface area contributed by atoms with Crippen molar-refractivity contribution >= 4 is 23.7 Å². The Kier molecular flexibility index (Phi) is 7.69. The molecule has 0 spiro atoms. The molecule has 2 fully saturated rings. The highest BCUT2D eigenvalue weighted by atomic mass is 35.5. The molecule has 0 amide bonds. The van der Waals surface area contributed by atoms with Gasteiger partial charge in [0, 0.05) is 37.3 Å². The van der Waals surface area contributed by atoms with Gasteiger partial charge in [-0.3, -0.25) is 4.90 Å². The first-order chi connectivity index (χ1) is 10.7. The number of aromatic nitrogens is 1. The number of thiazole rings is 1. The summed E-state index contributed by atoms with van der Waals surface area (Å²) >= 11 is 1.66. The molecule has 2 aliphatic heterocycles. The Balaban J connectivity index is 0.00000192. The van der Waals surface area contributed by atoms with Crippen LogP contribution in [0.1, 0.15) is 24.3 Å². The van der Waals surface area contributed by atoms with Crippen molar-refractivity contribution in [1.82, 2.24) is 20.1 Å². The molecule has 2 atom stereocenters. The maximum absolute atomic E-state index is 13.9. The number of hydrogen-bond acceptors (Lipinski definition) is 5. The molecule has 3 heterocycles. The maximum Gasteiger partial charge on any atom is 0.114 e. The Morgan fingerprint density at radius 3 is 2.87 bits per heavy atom. The third-order valence-electron chi connectivity index (χ3n) is 4.85. The van der Waals surface area contributed by atoms with Crippen molar-refractivity contribution in [3.63, 3.8) is 0 Å². The molecule has 0 radical (unpaired) electrons. The van der Waals surface area contributed by atoms with Crippen LogP contribution in [0.5, 0.6) is 0 Å². The molecule has 3 rings (SSSR count). The van der Waals surface area contributed by atoms with Crippen molar-refractivity contribution in [3.05, 3.63) is 16.6 Å². The lowest BCUT2D eigenvalue weighted by atomic mass is 9.97. The van der Waals surface area contributed by atoms with E-state index >= 15 is 0 Å². The molecule has 1 N–H and O–H groups in total. The Hall–Kier alpha value is -0.270. The SMILES string of the molecule is CN(CC1CCNCC1)C[C@@H]1C[C@H](F)CN1Cc1nccs1.Cl. The summed E-state index contributed by atoms with van der Waals surface area (Å²) in [5.41, 5.74) is 0. The van der Waals surface area contributed by atoms with E-state index in [1.165, 1.54) is 12.8 Å². The van der Waals surface area contributed by atoms with Gasteiger partial charge in [-0.1, -0.05) is 0 Å². The third-order valence-corrected chi connectivity index (χ3v) is 5.61. The number of halogens is 2. The van der Waals surface area contributed by atoms with Crippen molar-refractivity contribution in [3.8, 4) is 0 Å². The molecule has 7 heteroatoms. The number of likely N-dealkylation sites (tertiary alicyclic amines) is 1. The second-order valence-corrected chi connectivity index (χ2v) is 7.74. The number of nitrogens with zero attached hydrogens (tertiary/aromatic N) is 3. The molecule has 1 aromatic rings. The van der Waals surface area contributed by atoms with E-state index in [-0.39, 0.29) is 12.4 Å². The normalized spacial score (nSPS) is 26.6. The van der Waals surface area contributed by atoms with E-state index in [1.54, 1.807) is 11.3 Å². The summed E-state index contributed by atoms with van der Waals surface area (Å²) < 4.78 is 13.9. The average molecular weight is 363 g/mol. The van der Waals surface area contributed by atoms with Gasteiger partial charge in [-0.25, -0.2) is 9.37 Å². The standard InChI is InChI=1S/C16H27FN4S.ClH/c1-20(9-13-2-4-18-5-3-13)11-15-8-14(17)10-21(15)12-16-19-6-7-22-16;/h6-7,13-15,18H,2-5,8-12H2,1H3;1H/t14-,15-;/m0./s1. The van der Waals surface area contributed by atoms with E-state index in [9.17, 15) is 4.39 Å². The van der Waals surface area contributed by atoms with Crippen LogP contribution in [-0.2, 0) is 6.54 Å². The average Bonchev–Trinajstić information content (AvgIpc) is 3.11. The van der Waals surface area contributed by atoms with Crippen LogP contribution in [0.15, 0.2) is 11.6 Å². The van der Waals surface area contributed by atoms with Gasteiger partial charge in [-0.05, 0) is 45.3 Å². The molecule has 0 aliphatic carbocycles. The lowest BCUT2D eigenvalue weighted by molar-refractivity contribution is 0.163. The number of likely N-dealkylation sites (N-methyl/N-ethyl adjacent to an activating group) is 1. The molecule has 23 heavy (non-hydrogen) atoms. The van der Waals surface area contributed by atoms with Crippen LogP contribution in [0.4, 0.5) is 4.39 Å². The number of nitrogens with one attached hydrogen (secondary N) is 1. The van der Waals surface area contributed by atoms with Crippen LogP contribution in [0.25, 0.3) is 0 Å². The fourth-order valence-electron chi connectivity index (χ4n) is 3.75. The highest BCUT2D eigenvalue weighted by Crippen LogP contribution is 2.24. The van der Waals surface area contributed by atoms with Gasteiger partial charge >= 0.3 is 0 Å². The molecule has 1 aromatic heterocycles. The van der Waals surface area contributed by atoms with Crippen molar-refractivity contribution in [2.24, 2.45) is 5.92 Å². The third kappa shape index (κ3) is 5.64. The molecule has 0 saturated carbocycles. The largest absolute Gasteiger partial charge is 0.317 e. The first-order valence-electron chi connectivity index (χ1n) is 8.36. The lowest BCUT2D eigenvalue weighted by Gasteiger charge is -2.31. The van der Waals surface area contributed by atoms with Crippen LogP contribution in [-0.4, -0.2) is 66.8 Å². The fraction of sp³-hybridized carbons (Fsp3) is 0.812.